The van der Waals surface area contributed by atoms with Gasteiger partial charge in [0.25, 0.3) is 5.91 Å². The van der Waals surface area contributed by atoms with Crippen molar-refractivity contribution in [3.63, 3.8) is 0 Å². The highest BCUT2D eigenvalue weighted by Crippen LogP contribution is 2.26. The number of amides is 1. The molecule has 168 valence electrons. The van der Waals surface area contributed by atoms with E-state index in [1.54, 1.807) is 12.1 Å². The molecule has 0 radical (unpaired) electrons. The topological polar surface area (TPSA) is 82.6 Å². The lowest BCUT2D eigenvalue weighted by Crippen LogP contribution is -2.47. The van der Waals surface area contributed by atoms with Crippen LogP contribution in [0.15, 0.2) is 58.8 Å². The molecule has 1 saturated heterocycles. The van der Waals surface area contributed by atoms with Crippen molar-refractivity contribution >= 4 is 32.4 Å². The van der Waals surface area contributed by atoms with E-state index in [0.717, 1.165) is 17.7 Å². The minimum absolute atomic E-state index is 0.130. The van der Waals surface area contributed by atoms with Crippen molar-refractivity contribution in [3.05, 3.63) is 65.0 Å². The molecule has 3 aromatic rings. The number of piperazine rings is 1. The second kappa shape index (κ2) is 9.50. The molecule has 1 aromatic heterocycles. The van der Waals surface area contributed by atoms with Crippen LogP contribution in [0.1, 0.15) is 22.8 Å². The number of likely N-dealkylation sites (N-methyl/N-ethyl adjacent to an activating group) is 1. The minimum atomic E-state index is -3.64. The van der Waals surface area contributed by atoms with Crippen LogP contribution in [-0.4, -0.2) is 61.7 Å². The molecular weight excluding hydrogens is 444 g/mol. The third-order valence-corrected chi connectivity index (χ3v) is 8.23. The first-order chi connectivity index (χ1) is 15.4. The fourth-order valence-electron chi connectivity index (χ4n) is 3.52. The van der Waals surface area contributed by atoms with Gasteiger partial charge in [0.1, 0.15) is 0 Å². The van der Waals surface area contributed by atoms with Crippen LogP contribution >= 0.6 is 11.3 Å². The van der Waals surface area contributed by atoms with Gasteiger partial charge in [-0.25, -0.2) is 13.4 Å². The van der Waals surface area contributed by atoms with Crippen LogP contribution in [0.2, 0.25) is 0 Å². The van der Waals surface area contributed by atoms with Gasteiger partial charge in [-0.15, -0.1) is 11.3 Å². The molecule has 1 aliphatic rings. The summed E-state index contributed by atoms with van der Waals surface area (Å²) in [6, 6.07) is 14.3. The van der Waals surface area contributed by atoms with Gasteiger partial charge in [-0.05, 0) is 37.2 Å². The molecule has 0 bridgehead atoms. The highest BCUT2D eigenvalue weighted by Gasteiger charge is 2.28. The van der Waals surface area contributed by atoms with Crippen molar-refractivity contribution in [3.8, 4) is 11.3 Å². The van der Waals surface area contributed by atoms with Crippen molar-refractivity contribution in [1.82, 2.24) is 14.2 Å². The standard InChI is InChI=1S/C23H26N4O3S2/c1-3-17-7-9-18(10-8-17)21-16-31-23(24-21)25-22(28)19-5-4-6-20(15-19)32(29,30)27-13-11-26(2)12-14-27/h4-10,15-16H,3,11-14H2,1-2H3,(H,24,25,28). The Morgan fingerprint density at radius 3 is 2.50 bits per heavy atom. The number of nitrogens with one attached hydrogen (secondary N) is 1. The van der Waals surface area contributed by atoms with Crippen molar-refractivity contribution < 1.29 is 13.2 Å². The van der Waals surface area contributed by atoms with Crippen molar-refractivity contribution in [2.24, 2.45) is 0 Å². The zero-order valence-corrected chi connectivity index (χ0v) is 19.7. The molecule has 4 rings (SSSR count). The van der Waals surface area contributed by atoms with Crippen LogP contribution in [-0.2, 0) is 16.4 Å². The van der Waals surface area contributed by atoms with Crippen molar-refractivity contribution in [2.45, 2.75) is 18.2 Å². The van der Waals surface area contributed by atoms with E-state index >= 15 is 0 Å². The van der Waals surface area contributed by atoms with E-state index in [9.17, 15) is 13.2 Å². The molecule has 0 atom stereocenters. The lowest BCUT2D eigenvalue weighted by Gasteiger charge is -2.31. The molecule has 1 amide bonds. The number of anilines is 1. The van der Waals surface area contributed by atoms with Crippen LogP contribution in [0.5, 0.6) is 0 Å². The molecule has 7 nitrogen and oxygen atoms in total. The fraction of sp³-hybridized carbons (Fsp3) is 0.304. The van der Waals surface area contributed by atoms with Crippen molar-refractivity contribution in [2.75, 3.05) is 38.5 Å². The third kappa shape index (κ3) is 4.91. The van der Waals surface area contributed by atoms with Gasteiger partial charge in [-0.2, -0.15) is 4.31 Å². The van der Waals surface area contributed by atoms with Gasteiger partial charge in [0.15, 0.2) is 5.13 Å². The molecule has 0 spiro atoms. The fourth-order valence-corrected chi connectivity index (χ4v) is 5.70. The van der Waals surface area contributed by atoms with Gasteiger partial charge in [-0.3, -0.25) is 10.1 Å². The summed E-state index contributed by atoms with van der Waals surface area (Å²) in [7, 11) is -1.67. The lowest BCUT2D eigenvalue weighted by molar-refractivity contribution is 0.102. The number of carbonyl (C=O) groups is 1. The molecule has 9 heteroatoms. The summed E-state index contributed by atoms with van der Waals surface area (Å²) >= 11 is 1.34. The number of nitrogens with zero attached hydrogens (tertiary/aromatic N) is 3. The summed E-state index contributed by atoms with van der Waals surface area (Å²) in [6.07, 6.45) is 0.974. The molecule has 1 N–H and O–H groups in total. The Hall–Kier alpha value is -2.59. The zero-order valence-electron chi connectivity index (χ0n) is 18.1. The summed E-state index contributed by atoms with van der Waals surface area (Å²) in [5, 5.41) is 5.15. The lowest BCUT2D eigenvalue weighted by atomic mass is 10.1. The van der Waals surface area contributed by atoms with Gasteiger partial charge in [-0.1, -0.05) is 37.3 Å². The second-order valence-corrected chi connectivity index (χ2v) is 10.6. The molecule has 0 aliphatic carbocycles. The Kier molecular flexibility index (Phi) is 6.71. The molecule has 0 saturated carbocycles. The Labute approximate surface area is 192 Å². The SMILES string of the molecule is CCc1ccc(-c2csc(NC(=O)c3cccc(S(=O)(=O)N4CCN(C)CC4)c3)n2)cc1. The molecule has 1 fully saturated rings. The third-order valence-electron chi connectivity index (χ3n) is 5.58. The number of thiazole rings is 1. The van der Waals surface area contributed by atoms with E-state index in [4.69, 9.17) is 0 Å². The summed E-state index contributed by atoms with van der Waals surface area (Å²) in [5.41, 5.74) is 3.31. The van der Waals surface area contributed by atoms with Crippen LogP contribution in [0.3, 0.4) is 0 Å². The normalized spacial score (nSPS) is 15.6. The number of rotatable bonds is 6. The Morgan fingerprint density at radius 1 is 1.09 bits per heavy atom. The number of carbonyl (C=O) groups excluding carboxylic acids is 1. The van der Waals surface area contributed by atoms with Gasteiger partial charge >= 0.3 is 0 Å². The largest absolute Gasteiger partial charge is 0.304 e. The van der Waals surface area contributed by atoms with E-state index < -0.39 is 10.0 Å². The molecule has 2 aromatic carbocycles. The Morgan fingerprint density at radius 2 is 1.81 bits per heavy atom. The van der Waals surface area contributed by atoms with E-state index in [1.165, 1.54) is 33.3 Å². The van der Waals surface area contributed by atoms with E-state index in [1.807, 2.05) is 24.6 Å². The van der Waals surface area contributed by atoms with Crippen molar-refractivity contribution in [1.29, 1.82) is 0 Å². The number of sulfonamides is 1. The second-order valence-electron chi connectivity index (χ2n) is 7.78. The summed E-state index contributed by atoms with van der Waals surface area (Å²) in [4.78, 5) is 19.5. The number of hydrogen-bond acceptors (Lipinski definition) is 6. The molecule has 2 heterocycles. The monoisotopic (exact) mass is 470 g/mol. The first-order valence-electron chi connectivity index (χ1n) is 10.5. The number of aromatic nitrogens is 1. The molecular formula is C23H26N4O3S2. The van der Waals surface area contributed by atoms with Gasteiger partial charge in [0.2, 0.25) is 10.0 Å². The van der Waals surface area contributed by atoms with Crippen LogP contribution < -0.4 is 5.32 Å². The van der Waals surface area contributed by atoms with Gasteiger partial charge in [0, 0.05) is 42.7 Å². The summed E-state index contributed by atoms with van der Waals surface area (Å²) in [5.74, 6) is -0.386. The average molecular weight is 471 g/mol. The average Bonchev–Trinajstić information content (AvgIpc) is 3.28. The number of hydrogen-bond donors (Lipinski definition) is 1. The minimum Gasteiger partial charge on any atom is -0.304 e. The maximum atomic E-state index is 13.0. The first-order valence-corrected chi connectivity index (χ1v) is 12.8. The molecule has 0 unspecified atom stereocenters. The highest BCUT2D eigenvalue weighted by molar-refractivity contribution is 7.89. The van der Waals surface area contributed by atoms with E-state index in [2.05, 4.69) is 34.3 Å². The van der Waals surface area contributed by atoms with E-state index in [0.29, 0.717) is 31.3 Å². The van der Waals surface area contributed by atoms with Crippen LogP contribution in [0, 0.1) is 0 Å². The molecule has 32 heavy (non-hydrogen) atoms. The van der Waals surface area contributed by atoms with Gasteiger partial charge in [0.05, 0.1) is 10.6 Å². The smallest absolute Gasteiger partial charge is 0.257 e. The highest BCUT2D eigenvalue weighted by atomic mass is 32.2. The summed E-state index contributed by atoms with van der Waals surface area (Å²) < 4.78 is 27.5. The molecule has 1 aliphatic heterocycles. The zero-order chi connectivity index (χ0) is 22.7. The number of benzene rings is 2. The maximum absolute atomic E-state index is 13.0. The van der Waals surface area contributed by atoms with Gasteiger partial charge < -0.3 is 4.90 Å². The number of aryl methyl sites for hydroxylation is 1. The quantitative estimate of drug-likeness (QED) is 0.596. The maximum Gasteiger partial charge on any atom is 0.257 e. The predicted molar refractivity (Wildman–Crippen MR) is 128 cm³/mol. The van der Waals surface area contributed by atoms with E-state index in [-0.39, 0.29) is 16.4 Å². The first kappa shape index (κ1) is 22.6. The Bertz CT molecular complexity index is 1200. The Balaban J connectivity index is 1.48. The predicted octanol–water partition coefficient (Wildman–Crippen LogP) is 3.56. The van der Waals surface area contributed by atoms with Crippen LogP contribution in [0.25, 0.3) is 11.3 Å². The summed E-state index contributed by atoms with van der Waals surface area (Å²) in [6.45, 7) is 4.36. The van der Waals surface area contributed by atoms with Crippen LogP contribution in [0.4, 0.5) is 5.13 Å².